The van der Waals surface area contributed by atoms with Crippen LogP contribution in [0, 0.1) is 0 Å². The molecule has 32 heavy (non-hydrogen) atoms. The molecular weight excluding hydrogens is 412 g/mol. The number of hydrogen-bond acceptors (Lipinski definition) is 4. The van der Waals surface area contributed by atoms with Crippen LogP contribution in [0.15, 0.2) is 65.4 Å². The molecular formula is C27H38N2O2Si. The molecule has 1 aromatic carbocycles. The molecule has 2 aromatic heterocycles. The Bertz CT molecular complexity index is 933. The van der Waals surface area contributed by atoms with Crippen LogP contribution in [0.4, 0.5) is 0 Å². The molecule has 1 atom stereocenters. The predicted molar refractivity (Wildman–Crippen MR) is 134 cm³/mol. The third-order valence-corrected chi connectivity index (χ3v) is 11.0. The van der Waals surface area contributed by atoms with Crippen LogP contribution in [-0.4, -0.2) is 18.3 Å². The lowest BCUT2D eigenvalue weighted by Gasteiger charge is -2.38. The van der Waals surface area contributed by atoms with Gasteiger partial charge in [0.15, 0.2) is 8.32 Å². The molecule has 0 aliphatic carbocycles. The highest BCUT2D eigenvalue weighted by molar-refractivity contribution is 6.74. The van der Waals surface area contributed by atoms with Crippen LogP contribution in [0.2, 0.25) is 18.1 Å². The fourth-order valence-corrected chi connectivity index (χ4v) is 4.77. The topological polar surface area (TPSA) is 48.2 Å². The predicted octanol–water partition coefficient (Wildman–Crippen LogP) is 7.99. The lowest BCUT2D eigenvalue weighted by molar-refractivity contribution is 0.138. The molecule has 0 aliphatic rings. The van der Waals surface area contributed by atoms with Crippen molar-refractivity contribution in [3.8, 4) is 11.4 Å². The van der Waals surface area contributed by atoms with E-state index in [1.54, 1.807) is 12.5 Å². The van der Waals surface area contributed by atoms with Gasteiger partial charge in [0.1, 0.15) is 18.1 Å². The molecule has 1 unspecified atom stereocenters. The van der Waals surface area contributed by atoms with Crippen molar-refractivity contribution >= 4 is 8.32 Å². The van der Waals surface area contributed by atoms with Crippen LogP contribution < -0.4 is 0 Å². The van der Waals surface area contributed by atoms with Crippen LogP contribution in [0.1, 0.15) is 70.4 Å². The molecule has 0 radical (unpaired) electrons. The third kappa shape index (κ3) is 6.88. The van der Waals surface area contributed by atoms with Crippen LogP contribution in [0.3, 0.4) is 0 Å². The van der Waals surface area contributed by atoms with Gasteiger partial charge < -0.3 is 8.84 Å². The maximum atomic E-state index is 6.78. The number of aryl methyl sites for hydroxylation is 1. The number of unbranched alkanes of at least 4 members (excludes halogenated alkanes) is 3. The number of oxazole rings is 1. The molecule has 3 aromatic rings. The Labute approximate surface area is 194 Å². The van der Waals surface area contributed by atoms with E-state index in [0.29, 0.717) is 5.89 Å². The van der Waals surface area contributed by atoms with Crippen molar-refractivity contribution in [3.63, 3.8) is 0 Å². The zero-order chi connectivity index (χ0) is 23.0. The lowest BCUT2D eigenvalue weighted by atomic mass is 10.0. The number of pyridine rings is 1. The van der Waals surface area contributed by atoms with Gasteiger partial charge >= 0.3 is 0 Å². The largest absolute Gasteiger partial charge is 0.445 e. The van der Waals surface area contributed by atoms with E-state index >= 15 is 0 Å². The molecule has 0 saturated carbocycles. The van der Waals surface area contributed by atoms with Crippen LogP contribution in [0.5, 0.6) is 0 Å². The molecule has 0 bridgehead atoms. The van der Waals surface area contributed by atoms with Crippen molar-refractivity contribution in [2.45, 2.75) is 83.5 Å². The first-order chi connectivity index (χ1) is 15.3. The molecule has 3 rings (SSSR count). The van der Waals surface area contributed by atoms with Gasteiger partial charge in [-0.3, -0.25) is 4.98 Å². The zero-order valence-electron chi connectivity index (χ0n) is 20.3. The van der Waals surface area contributed by atoms with E-state index in [1.165, 1.54) is 24.8 Å². The Morgan fingerprint density at radius 2 is 1.62 bits per heavy atom. The van der Waals surface area contributed by atoms with E-state index in [0.717, 1.165) is 30.7 Å². The monoisotopic (exact) mass is 450 g/mol. The summed E-state index contributed by atoms with van der Waals surface area (Å²) in [5.74, 6) is 0.680. The highest BCUT2D eigenvalue weighted by Gasteiger charge is 2.40. The second-order valence-electron chi connectivity index (χ2n) is 10.1. The maximum Gasteiger partial charge on any atom is 0.222 e. The van der Waals surface area contributed by atoms with Gasteiger partial charge in [-0.05, 0) is 55.1 Å². The maximum absolute atomic E-state index is 6.78. The molecule has 0 amide bonds. The van der Waals surface area contributed by atoms with Crippen molar-refractivity contribution in [2.75, 3.05) is 0 Å². The van der Waals surface area contributed by atoms with Gasteiger partial charge in [0, 0.05) is 6.20 Å². The fourth-order valence-electron chi connectivity index (χ4n) is 3.49. The number of rotatable bonds is 11. The van der Waals surface area contributed by atoms with Crippen LogP contribution >= 0.6 is 0 Å². The smallest absolute Gasteiger partial charge is 0.222 e. The molecule has 0 aliphatic heterocycles. The summed E-state index contributed by atoms with van der Waals surface area (Å²) in [4.78, 5) is 9.17. The van der Waals surface area contributed by atoms with E-state index in [9.17, 15) is 0 Å². The zero-order valence-corrected chi connectivity index (χ0v) is 21.3. The first kappa shape index (κ1) is 24.4. The summed E-state index contributed by atoms with van der Waals surface area (Å²) in [5, 5.41) is 0.136. The van der Waals surface area contributed by atoms with Crippen LogP contribution in [-0.2, 0) is 10.8 Å². The molecule has 2 heterocycles. The Balaban J connectivity index is 1.60. The second kappa shape index (κ2) is 11.1. The summed E-state index contributed by atoms with van der Waals surface area (Å²) < 4.78 is 12.7. The summed E-state index contributed by atoms with van der Waals surface area (Å²) in [6.45, 7) is 11.4. The van der Waals surface area contributed by atoms with Gasteiger partial charge in [0.2, 0.25) is 5.89 Å². The standard InChI is InChI=1S/C27H38N2O2Si/c1-27(2,3)32(4,5)31-25(19-12-7-6-9-15-22-16-10-8-11-17-22)26-29-24(21-30-26)23-18-13-14-20-28-23/h8,10-11,13-14,16-18,20-21,25H,6-7,9,12,15,19H2,1-5H3. The number of hydrogen-bond donors (Lipinski definition) is 0. The van der Waals surface area contributed by atoms with Crippen molar-refractivity contribution in [3.05, 3.63) is 72.4 Å². The summed E-state index contributed by atoms with van der Waals surface area (Å²) in [5.41, 5.74) is 3.02. The number of aromatic nitrogens is 2. The van der Waals surface area contributed by atoms with Gasteiger partial charge in [-0.1, -0.05) is 76.4 Å². The Morgan fingerprint density at radius 3 is 2.31 bits per heavy atom. The molecule has 0 spiro atoms. The van der Waals surface area contributed by atoms with Gasteiger partial charge in [0.25, 0.3) is 0 Å². The van der Waals surface area contributed by atoms with Crippen LogP contribution in [0.25, 0.3) is 11.4 Å². The minimum Gasteiger partial charge on any atom is -0.445 e. The number of nitrogens with zero attached hydrogens (tertiary/aromatic N) is 2. The summed E-state index contributed by atoms with van der Waals surface area (Å²) in [6.07, 6.45) is 10.2. The third-order valence-electron chi connectivity index (χ3n) is 6.49. The molecule has 172 valence electrons. The summed E-state index contributed by atoms with van der Waals surface area (Å²) in [6, 6.07) is 16.6. The highest BCUT2D eigenvalue weighted by atomic mass is 28.4. The SMILES string of the molecule is CC(C)(C)[Si](C)(C)OC(CCCCCCc1ccccc1)c1nc(-c2ccccn2)co1. The van der Waals surface area contributed by atoms with Crippen molar-refractivity contribution in [1.82, 2.24) is 9.97 Å². The van der Waals surface area contributed by atoms with E-state index < -0.39 is 8.32 Å². The van der Waals surface area contributed by atoms with Crippen molar-refractivity contribution < 1.29 is 8.84 Å². The first-order valence-corrected chi connectivity index (χ1v) is 14.8. The number of benzene rings is 1. The molecule has 4 nitrogen and oxygen atoms in total. The van der Waals surface area contributed by atoms with Crippen molar-refractivity contribution in [1.29, 1.82) is 0 Å². The lowest BCUT2D eigenvalue weighted by Crippen LogP contribution is -2.41. The quantitative estimate of drug-likeness (QED) is 0.219. The highest BCUT2D eigenvalue weighted by Crippen LogP contribution is 2.41. The summed E-state index contributed by atoms with van der Waals surface area (Å²) >= 11 is 0. The molecule has 0 fully saturated rings. The molecule has 0 saturated heterocycles. The Morgan fingerprint density at radius 1 is 0.906 bits per heavy atom. The van der Waals surface area contributed by atoms with E-state index in [1.807, 2.05) is 18.2 Å². The minimum atomic E-state index is -1.96. The van der Waals surface area contributed by atoms with Crippen molar-refractivity contribution in [2.24, 2.45) is 0 Å². The second-order valence-corrected chi connectivity index (χ2v) is 14.8. The van der Waals surface area contributed by atoms with E-state index in [4.69, 9.17) is 13.8 Å². The van der Waals surface area contributed by atoms with E-state index in [-0.39, 0.29) is 11.1 Å². The normalized spacial score (nSPS) is 13.3. The van der Waals surface area contributed by atoms with Gasteiger partial charge in [-0.25, -0.2) is 4.98 Å². The first-order valence-electron chi connectivity index (χ1n) is 11.8. The molecule has 0 N–H and O–H groups in total. The Kier molecular flexibility index (Phi) is 8.43. The van der Waals surface area contributed by atoms with E-state index in [2.05, 4.69) is 69.2 Å². The van der Waals surface area contributed by atoms with Gasteiger partial charge in [-0.15, -0.1) is 0 Å². The Hall–Kier alpha value is -2.24. The van der Waals surface area contributed by atoms with Gasteiger partial charge in [-0.2, -0.15) is 0 Å². The average Bonchev–Trinajstić information content (AvgIpc) is 3.26. The average molecular weight is 451 g/mol. The van der Waals surface area contributed by atoms with Gasteiger partial charge in [0.05, 0.1) is 5.69 Å². The minimum absolute atomic E-state index is 0.109. The fraction of sp³-hybridized carbons (Fsp3) is 0.481. The molecule has 5 heteroatoms. The summed E-state index contributed by atoms with van der Waals surface area (Å²) in [7, 11) is -1.96.